The second-order valence-electron chi connectivity index (χ2n) is 4.84. The van der Waals surface area contributed by atoms with Gasteiger partial charge in [0.15, 0.2) is 0 Å². The van der Waals surface area contributed by atoms with E-state index in [1.165, 1.54) is 0 Å². The van der Waals surface area contributed by atoms with Gasteiger partial charge in [0.2, 0.25) is 0 Å². The van der Waals surface area contributed by atoms with Crippen LogP contribution in [0.3, 0.4) is 0 Å². The average Bonchev–Trinajstić information content (AvgIpc) is 3.03. The van der Waals surface area contributed by atoms with E-state index in [1.54, 1.807) is 6.26 Å². The molecule has 2 aromatic heterocycles. The Balaban J connectivity index is 1.95. The molecule has 106 valence electrons. The summed E-state index contributed by atoms with van der Waals surface area (Å²) in [5.41, 5.74) is 3.19. The molecule has 0 bridgehead atoms. The molecule has 0 aliphatic carbocycles. The number of benzene rings is 1. The van der Waals surface area contributed by atoms with Crippen LogP contribution in [-0.4, -0.2) is 4.98 Å². The Hall–Kier alpha value is -2.07. The summed E-state index contributed by atoms with van der Waals surface area (Å²) in [5, 5.41) is 3.49. The fourth-order valence-corrected chi connectivity index (χ4v) is 2.44. The van der Waals surface area contributed by atoms with Gasteiger partial charge in [-0.25, -0.2) is 4.98 Å². The maximum atomic E-state index is 5.58. The summed E-state index contributed by atoms with van der Waals surface area (Å²) in [5.74, 6) is 0.877. The Kier molecular flexibility index (Phi) is 4.06. The van der Waals surface area contributed by atoms with Crippen LogP contribution in [0, 0.1) is 6.92 Å². The van der Waals surface area contributed by atoms with E-state index in [2.05, 4.69) is 44.4 Å². The Morgan fingerprint density at radius 2 is 1.95 bits per heavy atom. The molecule has 0 amide bonds. The zero-order valence-corrected chi connectivity index (χ0v) is 13.2. The van der Waals surface area contributed by atoms with Crippen molar-refractivity contribution in [3.05, 3.63) is 82.5 Å². The highest BCUT2D eigenvalue weighted by Crippen LogP contribution is 2.28. The summed E-state index contributed by atoms with van der Waals surface area (Å²) >= 11 is 3.42. The van der Waals surface area contributed by atoms with E-state index in [0.717, 1.165) is 27.2 Å². The molecule has 0 spiro atoms. The summed E-state index contributed by atoms with van der Waals surface area (Å²) < 4.78 is 6.45. The number of halogens is 1. The molecule has 3 aromatic rings. The van der Waals surface area contributed by atoms with Crippen LogP contribution in [0.1, 0.15) is 22.9 Å². The first kappa shape index (κ1) is 13.9. The van der Waals surface area contributed by atoms with Crippen molar-refractivity contribution in [2.24, 2.45) is 0 Å². The molecule has 0 aliphatic rings. The normalized spacial score (nSPS) is 12.1. The fraction of sp³-hybridized carbons (Fsp3) is 0.118. The molecule has 0 saturated carbocycles. The number of anilines is 1. The summed E-state index contributed by atoms with van der Waals surface area (Å²) in [6, 6.07) is 16.1. The molecule has 4 heteroatoms. The lowest BCUT2D eigenvalue weighted by Gasteiger charge is -2.18. The molecule has 3 nitrogen and oxygen atoms in total. The van der Waals surface area contributed by atoms with Crippen molar-refractivity contribution < 1.29 is 4.42 Å². The van der Waals surface area contributed by atoms with Crippen molar-refractivity contribution in [1.29, 1.82) is 0 Å². The van der Waals surface area contributed by atoms with Crippen LogP contribution in [0.2, 0.25) is 0 Å². The van der Waals surface area contributed by atoms with Crippen molar-refractivity contribution >= 4 is 21.6 Å². The van der Waals surface area contributed by atoms with Crippen molar-refractivity contribution in [2.75, 3.05) is 5.32 Å². The third-order valence-corrected chi connectivity index (χ3v) is 4.12. The van der Waals surface area contributed by atoms with Gasteiger partial charge in [-0.05, 0) is 52.2 Å². The summed E-state index contributed by atoms with van der Waals surface area (Å²) in [6.07, 6.45) is 3.51. The number of hydrogen-bond acceptors (Lipinski definition) is 3. The molecule has 3 rings (SSSR count). The topological polar surface area (TPSA) is 38.1 Å². The molecular weight excluding hydrogens is 328 g/mol. The number of pyridine rings is 1. The van der Waals surface area contributed by atoms with Gasteiger partial charge in [0.1, 0.15) is 16.4 Å². The molecule has 1 aromatic carbocycles. The Morgan fingerprint density at radius 1 is 1.14 bits per heavy atom. The van der Waals surface area contributed by atoms with Crippen LogP contribution in [0.15, 0.2) is 70.0 Å². The van der Waals surface area contributed by atoms with Gasteiger partial charge in [0, 0.05) is 0 Å². The number of rotatable bonds is 4. The van der Waals surface area contributed by atoms with Crippen LogP contribution >= 0.6 is 15.9 Å². The van der Waals surface area contributed by atoms with Crippen LogP contribution < -0.4 is 5.32 Å². The second-order valence-corrected chi connectivity index (χ2v) is 5.59. The van der Waals surface area contributed by atoms with E-state index >= 15 is 0 Å². The SMILES string of the molecule is Cc1cc(NC(c2ccccc2)c2ccco2)cnc1Br. The molecule has 1 unspecified atom stereocenters. The lowest BCUT2D eigenvalue weighted by molar-refractivity contribution is 0.499. The lowest BCUT2D eigenvalue weighted by Crippen LogP contribution is -2.12. The van der Waals surface area contributed by atoms with Crippen LogP contribution in [0.4, 0.5) is 5.69 Å². The van der Waals surface area contributed by atoms with Gasteiger partial charge in [0.25, 0.3) is 0 Å². The van der Waals surface area contributed by atoms with E-state index < -0.39 is 0 Å². The maximum absolute atomic E-state index is 5.58. The first-order chi connectivity index (χ1) is 10.2. The summed E-state index contributed by atoms with van der Waals surface area (Å²) in [6.45, 7) is 2.02. The minimum atomic E-state index is -0.0384. The molecule has 0 radical (unpaired) electrons. The highest BCUT2D eigenvalue weighted by atomic mass is 79.9. The van der Waals surface area contributed by atoms with Gasteiger partial charge in [-0.15, -0.1) is 0 Å². The van der Waals surface area contributed by atoms with E-state index in [1.807, 2.05) is 43.5 Å². The molecule has 21 heavy (non-hydrogen) atoms. The number of nitrogens with zero attached hydrogens (tertiary/aromatic N) is 1. The molecule has 1 N–H and O–H groups in total. The molecule has 0 fully saturated rings. The minimum absolute atomic E-state index is 0.0384. The zero-order valence-electron chi connectivity index (χ0n) is 11.6. The van der Waals surface area contributed by atoms with Gasteiger partial charge >= 0.3 is 0 Å². The quantitative estimate of drug-likeness (QED) is 0.682. The van der Waals surface area contributed by atoms with Gasteiger partial charge < -0.3 is 9.73 Å². The predicted octanol–water partition coefficient (Wildman–Crippen LogP) is 4.95. The van der Waals surface area contributed by atoms with Crippen LogP contribution in [0.5, 0.6) is 0 Å². The van der Waals surface area contributed by atoms with Crippen molar-refractivity contribution in [2.45, 2.75) is 13.0 Å². The van der Waals surface area contributed by atoms with Gasteiger partial charge in [0.05, 0.1) is 18.1 Å². The average molecular weight is 343 g/mol. The summed E-state index contributed by atoms with van der Waals surface area (Å²) in [4.78, 5) is 4.33. The number of aromatic nitrogens is 1. The maximum Gasteiger partial charge on any atom is 0.130 e. The minimum Gasteiger partial charge on any atom is -0.467 e. The fourth-order valence-electron chi connectivity index (χ4n) is 2.22. The predicted molar refractivity (Wildman–Crippen MR) is 87.3 cm³/mol. The largest absolute Gasteiger partial charge is 0.467 e. The molecule has 0 aliphatic heterocycles. The smallest absolute Gasteiger partial charge is 0.130 e. The van der Waals surface area contributed by atoms with Gasteiger partial charge in [-0.1, -0.05) is 30.3 Å². The number of hydrogen-bond donors (Lipinski definition) is 1. The van der Waals surface area contributed by atoms with Crippen molar-refractivity contribution in [3.8, 4) is 0 Å². The zero-order chi connectivity index (χ0) is 14.7. The lowest BCUT2D eigenvalue weighted by atomic mass is 10.0. The van der Waals surface area contributed by atoms with E-state index in [4.69, 9.17) is 4.42 Å². The monoisotopic (exact) mass is 342 g/mol. The van der Waals surface area contributed by atoms with Crippen molar-refractivity contribution in [3.63, 3.8) is 0 Å². The first-order valence-corrected chi connectivity index (χ1v) is 7.50. The van der Waals surface area contributed by atoms with Gasteiger partial charge in [-0.2, -0.15) is 0 Å². The Morgan fingerprint density at radius 3 is 2.62 bits per heavy atom. The number of nitrogens with one attached hydrogen (secondary N) is 1. The Labute approximate surface area is 132 Å². The summed E-state index contributed by atoms with van der Waals surface area (Å²) in [7, 11) is 0. The second kappa shape index (κ2) is 6.14. The molecular formula is C17H15BrN2O. The molecule has 0 saturated heterocycles. The highest BCUT2D eigenvalue weighted by molar-refractivity contribution is 9.10. The Bertz CT molecular complexity index is 711. The van der Waals surface area contributed by atoms with E-state index in [0.29, 0.717) is 0 Å². The van der Waals surface area contributed by atoms with E-state index in [9.17, 15) is 0 Å². The number of aryl methyl sites for hydroxylation is 1. The molecule has 1 atom stereocenters. The van der Waals surface area contributed by atoms with Crippen LogP contribution in [-0.2, 0) is 0 Å². The van der Waals surface area contributed by atoms with Crippen molar-refractivity contribution in [1.82, 2.24) is 4.98 Å². The molecule has 2 heterocycles. The highest BCUT2D eigenvalue weighted by Gasteiger charge is 2.16. The van der Waals surface area contributed by atoms with Gasteiger partial charge in [-0.3, -0.25) is 0 Å². The van der Waals surface area contributed by atoms with Crippen LogP contribution in [0.25, 0.3) is 0 Å². The van der Waals surface area contributed by atoms with E-state index in [-0.39, 0.29) is 6.04 Å². The third kappa shape index (κ3) is 3.16. The first-order valence-electron chi connectivity index (χ1n) is 6.71. The third-order valence-electron chi connectivity index (χ3n) is 3.29. The number of furan rings is 1. The standard InChI is InChI=1S/C17H15BrN2O/c1-12-10-14(11-19-17(12)18)20-16(15-8-5-9-21-15)13-6-3-2-4-7-13/h2-11,16,20H,1H3.